The molecule has 0 spiro atoms. The second-order valence-electron chi connectivity index (χ2n) is 7.76. The number of hydrogen-bond donors (Lipinski definition) is 4. The van der Waals surface area contributed by atoms with Crippen molar-refractivity contribution in [1.29, 1.82) is 0 Å². The Balaban J connectivity index is 1.76. The molecule has 1 aromatic heterocycles. The van der Waals surface area contributed by atoms with Crippen LogP contribution in [-0.4, -0.2) is 56.0 Å². The van der Waals surface area contributed by atoms with E-state index < -0.39 is 37.3 Å². The number of fused-ring (bicyclic) bond motifs is 1. The van der Waals surface area contributed by atoms with E-state index in [-0.39, 0.29) is 0 Å². The lowest BCUT2D eigenvalue weighted by Gasteiger charge is -2.40. The molecular weight excluding hydrogens is 450 g/mol. The molecule has 1 fully saturated rings. The van der Waals surface area contributed by atoms with Crippen LogP contribution in [0.25, 0.3) is 10.9 Å². The monoisotopic (exact) mass is 475 g/mol. The van der Waals surface area contributed by atoms with Crippen LogP contribution in [0.1, 0.15) is 29.8 Å². The van der Waals surface area contributed by atoms with E-state index in [1.54, 1.807) is 4.57 Å². The van der Waals surface area contributed by atoms with E-state index in [2.05, 4.69) is 47.1 Å². The molecule has 0 bridgehead atoms. The minimum absolute atomic E-state index is 0.457. The van der Waals surface area contributed by atoms with Crippen molar-refractivity contribution < 1.29 is 25.2 Å². The quantitative estimate of drug-likeness (QED) is 0.454. The molecule has 0 saturated carbocycles. The lowest BCUT2D eigenvalue weighted by atomic mass is 9.98. The Morgan fingerprint density at radius 3 is 2.33 bits per heavy atom. The van der Waals surface area contributed by atoms with Gasteiger partial charge < -0.3 is 29.7 Å². The first-order valence-electron chi connectivity index (χ1n) is 10.1. The first-order chi connectivity index (χ1) is 14.4. The minimum Gasteiger partial charge on any atom is -0.394 e. The van der Waals surface area contributed by atoms with Gasteiger partial charge in [0.1, 0.15) is 24.4 Å². The fourth-order valence-corrected chi connectivity index (χ4v) is 4.73. The first-order valence-corrected chi connectivity index (χ1v) is 10.9. The van der Waals surface area contributed by atoms with E-state index in [4.69, 9.17) is 4.74 Å². The van der Waals surface area contributed by atoms with Crippen molar-refractivity contribution in [1.82, 2.24) is 4.57 Å². The molecule has 3 aromatic rings. The predicted molar refractivity (Wildman–Crippen MR) is 117 cm³/mol. The lowest BCUT2D eigenvalue weighted by Crippen LogP contribution is -2.56. The standard InChI is InChI=1S/C23H26BrNO5/c1-2-13-6-8-14(9-7-13)10-15-11-25(17-5-3-4-16(24)19(15)17)23-22(29)21(28)20(27)18(12-26)30-23/h3-9,11,18,20-23,26-29H,2,10,12H2,1H3/t18-,20-,21+,22-,23-/m1/s1. The number of aliphatic hydroxyl groups is 4. The molecule has 5 atom stereocenters. The molecule has 1 aliphatic rings. The molecule has 160 valence electrons. The highest BCUT2D eigenvalue weighted by Gasteiger charge is 2.44. The molecule has 2 heterocycles. The summed E-state index contributed by atoms with van der Waals surface area (Å²) in [5.74, 6) is 0. The van der Waals surface area contributed by atoms with Crippen molar-refractivity contribution in [2.75, 3.05) is 6.61 Å². The fraction of sp³-hybridized carbons (Fsp3) is 0.391. The molecule has 4 rings (SSSR count). The zero-order valence-corrected chi connectivity index (χ0v) is 18.2. The average molecular weight is 476 g/mol. The Labute approximate surface area is 183 Å². The Morgan fingerprint density at radius 2 is 1.67 bits per heavy atom. The zero-order chi connectivity index (χ0) is 21.4. The van der Waals surface area contributed by atoms with Crippen LogP contribution in [0, 0.1) is 0 Å². The topological polar surface area (TPSA) is 95.1 Å². The predicted octanol–water partition coefficient (Wildman–Crippen LogP) is 2.53. The average Bonchev–Trinajstić information content (AvgIpc) is 3.12. The van der Waals surface area contributed by atoms with Crippen LogP contribution in [0.15, 0.2) is 53.1 Å². The maximum Gasteiger partial charge on any atom is 0.163 e. The third-order valence-electron chi connectivity index (χ3n) is 5.85. The molecule has 0 amide bonds. The largest absolute Gasteiger partial charge is 0.394 e. The summed E-state index contributed by atoms with van der Waals surface area (Å²) < 4.78 is 8.49. The van der Waals surface area contributed by atoms with Crippen LogP contribution in [0.3, 0.4) is 0 Å². The summed E-state index contributed by atoms with van der Waals surface area (Å²) in [6.45, 7) is 1.67. The number of aryl methyl sites for hydroxylation is 1. The van der Waals surface area contributed by atoms with E-state index in [1.165, 1.54) is 5.56 Å². The number of rotatable bonds is 5. The number of aliphatic hydroxyl groups excluding tert-OH is 4. The molecule has 2 aromatic carbocycles. The summed E-state index contributed by atoms with van der Waals surface area (Å²) >= 11 is 3.64. The smallest absolute Gasteiger partial charge is 0.163 e. The lowest BCUT2D eigenvalue weighted by molar-refractivity contribution is -0.250. The second kappa shape index (κ2) is 8.78. The molecule has 7 heteroatoms. The number of halogens is 1. The highest BCUT2D eigenvalue weighted by Crippen LogP contribution is 2.36. The molecule has 1 aliphatic heterocycles. The van der Waals surface area contributed by atoms with Gasteiger partial charge in [-0.2, -0.15) is 0 Å². The molecule has 4 N–H and O–H groups in total. The van der Waals surface area contributed by atoms with Gasteiger partial charge in [0, 0.05) is 16.1 Å². The molecule has 1 saturated heterocycles. The summed E-state index contributed by atoms with van der Waals surface area (Å²) in [7, 11) is 0. The number of ether oxygens (including phenoxy) is 1. The van der Waals surface area contributed by atoms with Crippen molar-refractivity contribution in [3.05, 3.63) is 69.8 Å². The highest BCUT2D eigenvalue weighted by atomic mass is 79.9. The van der Waals surface area contributed by atoms with Crippen LogP contribution >= 0.6 is 15.9 Å². The van der Waals surface area contributed by atoms with Crippen molar-refractivity contribution >= 4 is 26.8 Å². The highest BCUT2D eigenvalue weighted by molar-refractivity contribution is 9.10. The van der Waals surface area contributed by atoms with Crippen molar-refractivity contribution in [2.24, 2.45) is 0 Å². The van der Waals surface area contributed by atoms with Gasteiger partial charge in [-0.05, 0) is 41.7 Å². The number of benzene rings is 2. The van der Waals surface area contributed by atoms with E-state index in [1.807, 2.05) is 24.4 Å². The maximum atomic E-state index is 10.6. The third kappa shape index (κ3) is 3.82. The SMILES string of the molecule is CCc1ccc(Cc2cn([C@@H]3O[C@H](CO)[C@@H](O)[C@H](O)[C@H]3O)c3cccc(Br)c23)cc1. The van der Waals surface area contributed by atoms with Crippen LogP contribution in [0.5, 0.6) is 0 Å². The van der Waals surface area contributed by atoms with Crippen LogP contribution in [-0.2, 0) is 17.6 Å². The van der Waals surface area contributed by atoms with E-state index in [0.717, 1.165) is 32.9 Å². The molecular formula is C23H26BrNO5. The van der Waals surface area contributed by atoms with Gasteiger partial charge in [0.15, 0.2) is 6.23 Å². The van der Waals surface area contributed by atoms with Gasteiger partial charge in [0.25, 0.3) is 0 Å². The summed E-state index contributed by atoms with van der Waals surface area (Å²) in [4.78, 5) is 0. The van der Waals surface area contributed by atoms with Gasteiger partial charge in [-0.3, -0.25) is 0 Å². The van der Waals surface area contributed by atoms with E-state index >= 15 is 0 Å². The fourth-order valence-electron chi connectivity index (χ4n) is 4.12. The number of aromatic nitrogens is 1. The Kier molecular flexibility index (Phi) is 6.29. The normalized spacial score (nSPS) is 26.9. The zero-order valence-electron chi connectivity index (χ0n) is 16.6. The van der Waals surface area contributed by atoms with Crippen molar-refractivity contribution in [3.63, 3.8) is 0 Å². The number of nitrogens with zero attached hydrogens (tertiary/aromatic N) is 1. The van der Waals surface area contributed by atoms with Crippen LogP contribution in [0.4, 0.5) is 0 Å². The van der Waals surface area contributed by atoms with Gasteiger partial charge in [0.2, 0.25) is 0 Å². The Hall–Kier alpha value is -1.74. The summed E-state index contributed by atoms with van der Waals surface area (Å²) in [5.41, 5.74) is 4.31. The Bertz CT molecular complexity index is 1020. The molecule has 6 nitrogen and oxygen atoms in total. The van der Waals surface area contributed by atoms with E-state index in [0.29, 0.717) is 6.42 Å². The molecule has 0 unspecified atom stereocenters. The van der Waals surface area contributed by atoms with Gasteiger partial charge in [-0.15, -0.1) is 0 Å². The number of hydrogen-bond acceptors (Lipinski definition) is 5. The summed E-state index contributed by atoms with van der Waals surface area (Å²) in [6, 6.07) is 14.3. The first kappa shape index (κ1) is 21.5. The second-order valence-corrected chi connectivity index (χ2v) is 8.62. The van der Waals surface area contributed by atoms with E-state index in [9.17, 15) is 20.4 Å². The summed E-state index contributed by atoms with van der Waals surface area (Å²) in [5, 5.41) is 41.5. The molecule has 30 heavy (non-hydrogen) atoms. The van der Waals surface area contributed by atoms with Gasteiger partial charge >= 0.3 is 0 Å². The van der Waals surface area contributed by atoms with Gasteiger partial charge in [0.05, 0.1) is 12.1 Å². The summed E-state index contributed by atoms with van der Waals surface area (Å²) in [6.07, 6.45) is -2.45. The molecule has 0 aliphatic carbocycles. The maximum absolute atomic E-state index is 10.6. The van der Waals surface area contributed by atoms with Crippen molar-refractivity contribution in [3.8, 4) is 0 Å². The molecule has 0 radical (unpaired) electrons. The third-order valence-corrected chi connectivity index (χ3v) is 6.51. The van der Waals surface area contributed by atoms with Gasteiger partial charge in [-0.25, -0.2) is 0 Å². The van der Waals surface area contributed by atoms with Gasteiger partial charge in [-0.1, -0.05) is 53.2 Å². The van der Waals surface area contributed by atoms with Crippen molar-refractivity contribution in [2.45, 2.75) is 50.4 Å². The van der Waals surface area contributed by atoms with Crippen LogP contribution < -0.4 is 0 Å². The Morgan fingerprint density at radius 1 is 0.967 bits per heavy atom. The van der Waals surface area contributed by atoms with Crippen LogP contribution in [0.2, 0.25) is 0 Å². The minimum atomic E-state index is -1.42.